The lowest BCUT2D eigenvalue weighted by Crippen LogP contribution is -2.39. The maximum atomic E-state index is 3.80. The first-order valence-corrected chi connectivity index (χ1v) is 7.44. The van der Waals surface area contributed by atoms with Crippen LogP contribution in [-0.2, 0) is 6.42 Å². The summed E-state index contributed by atoms with van der Waals surface area (Å²) in [6, 6.07) is 9.46. The second-order valence-electron chi connectivity index (χ2n) is 6.93. The van der Waals surface area contributed by atoms with E-state index in [1.165, 1.54) is 30.4 Å². The molecule has 19 heavy (non-hydrogen) atoms. The van der Waals surface area contributed by atoms with Crippen LogP contribution >= 0.6 is 0 Å². The molecule has 106 valence electrons. The van der Waals surface area contributed by atoms with Crippen molar-refractivity contribution < 1.29 is 0 Å². The second kappa shape index (κ2) is 6.06. The van der Waals surface area contributed by atoms with Crippen LogP contribution in [0.25, 0.3) is 0 Å². The summed E-state index contributed by atoms with van der Waals surface area (Å²) in [6.45, 7) is 6.88. The summed E-state index contributed by atoms with van der Waals surface area (Å²) in [7, 11) is 4.30. The topological polar surface area (TPSA) is 15.3 Å². The Labute approximate surface area is 118 Å². The van der Waals surface area contributed by atoms with Crippen LogP contribution in [0.2, 0.25) is 0 Å². The molecular weight excluding hydrogens is 232 g/mol. The van der Waals surface area contributed by atoms with Gasteiger partial charge in [-0.25, -0.2) is 0 Å². The Balaban J connectivity index is 1.98. The first kappa shape index (κ1) is 14.5. The number of aryl methyl sites for hydroxylation is 1. The van der Waals surface area contributed by atoms with Gasteiger partial charge in [0, 0.05) is 19.1 Å². The molecule has 1 aromatic rings. The molecule has 0 radical (unpaired) electrons. The van der Waals surface area contributed by atoms with Crippen LogP contribution in [0, 0.1) is 5.41 Å². The Hall–Kier alpha value is -0.860. The van der Waals surface area contributed by atoms with Gasteiger partial charge in [0.15, 0.2) is 0 Å². The average Bonchev–Trinajstić information content (AvgIpc) is 2.35. The van der Waals surface area contributed by atoms with Crippen molar-refractivity contribution in [2.45, 2.75) is 39.2 Å². The molecule has 2 heteroatoms. The zero-order valence-corrected chi connectivity index (χ0v) is 12.9. The van der Waals surface area contributed by atoms with Crippen molar-refractivity contribution in [3.05, 3.63) is 35.4 Å². The highest BCUT2D eigenvalue weighted by Gasteiger charge is 2.23. The van der Waals surface area contributed by atoms with E-state index in [0.717, 1.165) is 13.1 Å². The first-order valence-electron chi connectivity index (χ1n) is 7.44. The van der Waals surface area contributed by atoms with E-state index in [1.54, 1.807) is 0 Å². The molecule has 0 spiro atoms. The fraction of sp³-hybridized carbons (Fsp3) is 0.647. The number of hydrogen-bond acceptors (Lipinski definition) is 2. The van der Waals surface area contributed by atoms with E-state index in [-0.39, 0.29) is 0 Å². The molecule has 2 rings (SSSR count). The normalized spacial score (nSPS) is 19.5. The molecule has 2 nitrogen and oxygen atoms in total. The van der Waals surface area contributed by atoms with E-state index in [2.05, 4.69) is 62.4 Å². The van der Waals surface area contributed by atoms with Crippen molar-refractivity contribution >= 4 is 0 Å². The van der Waals surface area contributed by atoms with Crippen LogP contribution in [0.4, 0.5) is 0 Å². The fourth-order valence-electron chi connectivity index (χ4n) is 3.28. The Kier molecular flexibility index (Phi) is 4.64. The molecule has 0 aliphatic heterocycles. The Morgan fingerprint density at radius 3 is 2.74 bits per heavy atom. The third kappa shape index (κ3) is 4.05. The van der Waals surface area contributed by atoms with Crippen LogP contribution in [0.1, 0.15) is 43.9 Å². The van der Waals surface area contributed by atoms with Crippen molar-refractivity contribution in [2.24, 2.45) is 5.41 Å². The van der Waals surface area contributed by atoms with Gasteiger partial charge in [-0.05, 0) is 49.9 Å². The molecule has 0 fully saturated rings. The summed E-state index contributed by atoms with van der Waals surface area (Å²) in [5.41, 5.74) is 3.38. The molecule has 1 atom stereocenters. The highest BCUT2D eigenvalue weighted by atomic mass is 15.1. The van der Waals surface area contributed by atoms with Crippen molar-refractivity contribution in [3.63, 3.8) is 0 Å². The second-order valence-corrected chi connectivity index (χ2v) is 6.93. The quantitative estimate of drug-likeness (QED) is 0.874. The molecule has 1 aliphatic rings. The number of nitrogens with zero attached hydrogens (tertiary/aromatic N) is 1. The molecule has 0 saturated carbocycles. The van der Waals surface area contributed by atoms with Crippen LogP contribution < -0.4 is 5.32 Å². The third-order valence-corrected chi connectivity index (χ3v) is 3.94. The highest BCUT2D eigenvalue weighted by Crippen LogP contribution is 2.30. The molecule has 1 unspecified atom stereocenters. The van der Waals surface area contributed by atoms with Crippen LogP contribution in [-0.4, -0.2) is 32.1 Å². The largest absolute Gasteiger partial charge is 0.309 e. The zero-order valence-electron chi connectivity index (χ0n) is 12.9. The van der Waals surface area contributed by atoms with Gasteiger partial charge < -0.3 is 10.2 Å². The van der Waals surface area contributed by atoms with E-state index in [9.17, 15) is 0 Å². The number of benzene rings is 1. The van der Waals surface area contributed by atoms with Crippen molar-refractivity contribution in [1.29, 1.82) is 0 Å². The highest BCUT2D eigenvalue weighted by molar-refractivity contribution is 5.32. The summed E-state index contributed by atoms with van der Waals surface area (Å²) in [5.74, 6) is 0. The summed E-state index contributed by atoms with van der Waals surface area (Å²) in [4.78, 5) is 2.27. The van der Waals surface area contributed by atoms with E-state index < -0.39 is 0 Å². The van der Waals surface area contributed by atoms with Gasteiger partial charge in [0.25, 0.3) is 0 Å². The SMILES string of the molecule is CN(C)CC(C)(C)CNC1CCCc2ccccc21. The Morgan fingerprint density at radius 1 is 1.26 bits per heavy atom. The molecule has 0 amide bonds. The van der Waals surface area contributed by atoms with Crippen molar-refractivity contribution in [1.82, 2.24) is 10.2 Å². The Morgan fingerprint density at radius 2 is 2.00 bits per heavy atom. The lowest BCUT2D eigenvalue weighted by atomic mass is 9.86. The molecule has 1 N–H and O–H groups in total. The van der Waals surface area contributed by atoms with E-state index in [4.69, 9.17) is 0 Å². The third-order valence-electron chi connectivity index (χ3n) is 3.94. The molecule has 0 aromatic heterocycles. The molecule has 0 saturated heterocycles. The van der Waals surface area contributed by atoms with E-state index >= 15 is 0 Å². The van der Waals surface area contributed by atoms with Gasteiger partial charge in [0.2, 0.25) is 0 Å². The smallest absolute Gasteiger partial charge is 0.0323 e. The van der Waals surface area contributed by atoms with Crippen molar-refractivity contribution in [3.8, 4) is 0 Å². The summed E-state index contributed by atoms with van der Waals surface area (Å²) in [6.07, 6.45) is 3.83. The Bertz CT molecular complexity index is 409. The number of hydrogen-bond donors (Lipinski definition) is 1. The molecule has 1 aliphatic carbocycles. The molecule has 0 bridgehead atoms. The van der Waals surface area contributed by atoms with Gasteiger partial charge in [-0.2, -0.15) is 0 Å². The van der Waals surface area contributed by atoms with Crippen molar-refractivity contribution in [2.75, 3.05) is 27.2 Å². The molecular formula is C17H28N2. The van der Waals surface area contributed by atoms with Gasteiger partial charge in [-0.3, -0.25) is 0 Å². The lowest BCUT2D eigenvalue weighted by molar-refractivity contribution is 0.222. The summed E-state index contributed by atoms with van der Waals surface area (Å²) in [5, 5.41) is 3.80. The predicted octanol–water partition coefficient (Wildman–Crippen LogP) is 3.24. The van der Waals surface area contributed by atoms with E-state index in [0.29, 0.717) is 11.5 Å². The minimum absolute atomic E-state index is 0.315. The van der Waals surface area contributed by atoms with Gasteiger partial charge in [-0.1, -0.05) is 38.1 Å². The minimum atomic E-state index is 0.315. The zero-order chi connectivity index (χ0) is 13.9. The maximum Gasteiger partial charge on any atom is 0.0323 e. The minimum Gasteiger partial charge on any atom is -0.309 e. The fourth-order valence-corrected chi connectivity index (χ4v) is 3.28. The number of fused-ring (bicyclic) bond motifs is 1. The monoisotopic (exact) mass is 260 g/mol. The first-order chi connectivity index (χ1) is 8.98. The summed E-state index contributed by atoms with van der Waals surface area (Å²) >= 11 is 0. The lowest BCUT2D eigenvalue weighted by Gasteiger charge is -2.33. The predicted molar refractivity (Wildman–Crippen MR) is 82.5 cm³/mol. The van der Waals surface area contributed by atoms with E-state index in [1.807, 2.05) is 0 Å². The molecule has 0 heterocycles. The average molecular weight is 260 g/mol. The molecule has 1 aromatic carbocycles. The van der Waals surface area contributed by atoms with Crippen LogP contribution in [0.15, 0.2) is 24.3 Å². The van der Waals surface area contributed by atoms with Crippen LogP contribution in [0.3, 0.4) is 0 Å². The van der Waals surface area contributed by atoms with Gasteiger partial charge in [0.05, 0.1) is 0 Å². The summed E-state index contributed by atoms with van der Waals surface area (Å²) < 4.78 is 0. The van der Waals surface area contributed by atoms with Gasteiger partial charge in [-0.15, -0.1) is 0 Å². The van der Waals surface area contributed by atoms with Gasteiger partial charge in [0.1, 0.15) is 0 Å². The van der Waals surface area contributed by atoms with Crippen LogP contribution in [0.5, 0.6) is 0 Å². The number of rotatable bonds is 5. The maximum absolute atomic E-state index is 3.80. The number of nitrogens with one attached hydrogen (secondary N) is 1. The van der Waals surface area contributed by atoms with Gasteiger partial charge >= 0.3 is 0 Å². The standard InChI is InChI=1S/C17H28N2/c1-17(2,13-19(3)4)12-18-16-11-7-9-14-8-5-6-10-15(14)16/h5-6,8,10,16,18H,7,9,11-13H2,1-4H3.